The topological polar surface area (TPSA) is 130 Å². The Labute approximate surface area is 230 Å². The van der Waals surface area contributed by atoms with E-state index in [1.54, 1.807) is 11.0 Å². The van der Waals surface area contributed by atoms with Crippen LogP contribution >= 0.6 is 27.5 Å². The molecule has 0 radical (unpaired) electrons. The number of piperazine rings is 1. The molecule has 0 unspecified atom stereocenters. The summed E-state index contributed by atoms with van der Waals surface area (Å²) in [6, 6.07) is 11.1. The van der Waals surface area contributed by atoms with Crippen LogP contribution in [0.25, 0.3) is 0 Å². The molecule has 1 fully saturated rings. The van der Waals surface area contributed by atoms with Crippen molar-refractivity contribution in [3.63, 3.8) is 0 Å². The van der Waals surface area contributed by atoms with Crippen molar-refractivity contribution in [3.8, 4) is 0 Å². The van der Waals surface area contributed by atoms with Gasteiger partial charge in [0, 0.05) is 68.3 Å². The second-order valence-electron chi connectivity index (χ2n) is 8.42. The molecule has 0 amide bonds. The second kappa shape index (κ2) is 12.8. The van der Waals surface area contributed by atoms with Crippen molar-refractivity contribution in [2.75, 3.05) is 62.4 Å². The maximum atomic E-state index is 13.7. The summed E-state index contributed by atoms with van der Waals surface area (Å²) in [6.45, 7) is 2.17. The van der Waals surface area contributed by atoms with Crippen LogP contribution in [0.1, 0.15) is 5.56 Å². The third-order valence-corrected chi connectivity index (χ3v) is 8.86. The van der Waals surface area contributed by atoms with Gasteiger partial charge in [0.2, 0.25) is 10.0 Å². The molecule has 3 rings (SSSR count). The van der Waals surface area contributed by atoms with Gasteiger partial charge in [0.15, 0.2) is 0 Å². The smallest absolute Gasteiger partial charge is 0.270 e. The van der Waals surface area contributed by atoms with Crippen LogP contribution in [-0.4, -0.2) is 88.4 Å². The SMILES string of the molecule is CS(=O)(=O)OCCN(CCBr)c1ccc([N+](=O)[O-])cc1S(=O)(=O)N1CCN(Cc2cccc(Cl)c2)CC1. The second-order valence-corrected chi connectivity index (χ2v) is 13.2. The molecule has 37 heavy (non-hydrogen) atoms. The summed E-state index contributed by atoms with van der Waals surface area (Å²) in [4.78, 5) is 14.4. The molecule has 0 saturated carbocycles. The van der Waals surface area contributed by atoms with E-state index in [2.05, 4.69) is 20.8 Å². The summed E-state index contributed by atoms with van der Waals surface area (Å²) in [5.74, 6) is 0. The Morgan fingerprint density at radius 2 is 1.78 bits per heavy atom. The highest BCUT2D eigenvalue weighted by Crippen LogP contribution is 2.32. The van der Waals surface area contributed by atoms with Crippen LogP contribution < -0.4 is 4.90 Å². The minimum atomic E-state index is -4.10. The van der Waals surface area contributed by atoms with Gasteiger partial charge in [-0.05, 0) is 23.8 Å². The number of nitro groups is 1. The zero-order valence-electron chi connectivity index (χ0n) is 20.1. The van der Waals surface area contributed by atoms with Gasteiger partial charge in [0.05, 0.1) is 23.5 Å². The monoisotopic (exact) mass is 638 g/mol. The first kappa shape index (κ1) is 29.7. The Bertz CT molecular complexity index is 1320. The van der Waals surface area contributed by atoms with Crippen LogP contribution in [-0.2, 0) is 30.9 Å². The van der Waals surface area contributed by atoms with E-state index in [1.807, 2.05) is 18.2 Å². The quantitative estimate of drug-likeness (QED) is 0.149. The Balaban J connectivity index is 1.84. The standard InChI is InChI=1S/C22H28BrClN4O7S2/c1-36(31,32)35-14-13-26(8-7-23)21-6-5-20(28(29)30)16-22(21)37(33,34)27-11-9-25(10-12-27)17-18-3-2-4-19(24)15-18/h2-6,15-16H,7-14,17H2,1H3. The minimum Gasteiger partial charge on any atom is -0.367 e. The number of nitrogens with zero attached hydrogens (tertiary/aromatic N) is 4. The van der Waals surface area contributed by atoms with Crippen molar-refractivity contribution in [1.82, 2.24) is 9.21 Å². The van der Waals surface area contributed by atoms with Crippen LogP contribution in [0.4, 0.5) is 11.4 Å². The van der Waals surface area contributed by atoms with Gasteiger partial charge in [-0.25, -0.2) is 8.42 Å². The number of nitro benzene ring substituents is 1. The van der Waals surface area contributed by atoms with Crippen molar-refractivity contribution in [2.45, 2.75) is 11.4 Å². The lowest BCUT2D eigenvalue weighted by Crippen LogP contribution is -2.48. The van der Waals surface area contributed by atoms with E-state index in [-0.39, 0.29) is 42.5 Å². The van der Waals surface area contributed by atoms with Crippen LogP contribution in [0.2, 0.25) is 5.02 Å². The van der Waals surface area contributed by atoms with Gasteiger partial charge in [-0.1, -0.05) is 39.7 Å². The summed E-state index contributed by atoms with van der Waals surface area (Å²) in [5.41, 5.74) is 0.906. The summed E-state index contributed by atoms with van der Waals surface area (Å²) in [7, 11) is -7.79. The molecular formula is C22H28BrClN4O7S2. The number of alkyl halides is 1. The number of anilines is 1. The Morgan fingerprint density at radius 3 is 2.38 bits per heavy atom. The average molecular weight is 640 g/mol. The third-order valence-electron chi connectivity index (χ3n) is 5.75. The van der Waals surface area contributed by atoms with Crippen molar-refractivity contribution in [3.05, 3.63) is 63.2 Å². The molecule has 15 heteroatoms. The zero-order chi connectivity index (χ0) is 27.2. The Morgan fingerprint density at radius 1 is 1.08 bits per heavy atom. The summed E-state index contributed by atoms with van der Waals surface area (Å²) in [6.07, 6.45) is 0.926. The molecule has 204 valence electrons. The highest BCUT2D eigenvalue weighted by molar-refractivity contribution is 9.09. The highest BCUT2D eigenvalue weighted by Gasteiger charge is 2.33. The van der Waals surface area contributed by atoms with Gasteiger partial charge in [0.1, 0.15) is 4.90 Å². The van der Waals surface area contributed by atoms with Crippen LogP contribution in [0, 0.1) is 10.1 Å². The molecule has 1 aliphatic heterocycles. The van der Waals surface area contributed by atoms with Crippen molar-refractivity contribution in [2.24, 2.45) is 0 Å². The van der Waals surface area contributed by atoms with Gasteiger partial charge in [-0.15, -0.1) is 0 Å². The summed E-state index contributed by atoms with van der Waals surface area (Å²) < 4.78 is 56.4. The molecule has 0 aliphatic carbocycles. The molecule has 1 aliphatic rings. The maximum absolute atomic E-state index is 13.7. The third kappa shape index (κ3) is 8.34. The largest absolute Gasteiger partial charge is 0.367 e. The molecule has 0 atom stereocenters. The average Bonchev–Trinajstić information content (AvgIpc) is 2.83. The number of rotatable bonds is 12. The number of benzene rings is 2. The molecule has 2 aromatic carbocycles. The molecular weight excluding hydrogens is 612 g/mol. The number of hydrogen-bond acceptors (Lipinski definition) is 9. The van der Waals surface area contributed by atoms with E-state index in [0.717, 1.165) is 17.9 Å². The predicted octanol–water partition coefficient (Wildman–Crippen LogP) is 2.93. The number of sulfonamides is 1. The molecule has 0 aromatic heterocycles. The van der Waals surface area contributed by atoms with Crippen molar-refractivity contribution < 1.29 is 25.9 Å². The van der Waals surface area contributed by atoms with Crippen molar-refractivity contribution >= 4 is 59.0 Å². The first-order valence-corrected chi connectivity index (χ1v) is 16.1. The molecule has 1 heterocycles. The molecule has 2 aromatic rings. The first-order valence-electron chi connectivity index (χ1n) is 11.3. The Kier molecular flexibility index (Phi) is 10.3. The van der Waals surface area contributed by atoms with Gasteiger partial charge in [0.25, 0.3) is 15.8 Å². The number of halogens is 2. The van der Waals surface area contributed by atoms with E-state index in [9.17, 15) is 26.9 Å². The summed E-state index contributed by atoms with van der Waals surface area (Å²) >= 11 is 9.39. The minimum absolute atomic E-state index is 0.0619. The molecule has 1 saturated heterocycles. The van der Waals surface area contributed by atoms with E-state index < -0.39 is 25.1 Å². The summed E-state index contributed by atoms with van der Waals surface area (Å²) in [5, 5.41) is 12.5. The lowest BCUT2D eigenvalue weighted by Gasteiger charge is -2.35. The van der Waals surface area contributed by atoms with Gasteiger partial charge >= 0.3 is 0 Å². The van der Waals surface area contributed by atoms with Gasteiger partial charge in [-0.3, -0.25) is 19.2 Å². The fraction of sp³-hybridized carbons (Fsp3) is 0.455. The molecule has 11 nitrogen and oxygen atoms in total. The lowest BCUT2D eigenvalue weighted by atomic mass is 10.2. The van der Waals surface area contributed by atoms with Crippen LogP contribution in [0.15, 0.2) is 47.4 Å². The lowest BCUT2D eigenvalue weighted by molar-refractivity contribution is -0.385. The van der Waals surface area contributed by atoms with Crippen LogP contribution in [0.3, 0.4) is 0 Å². The predicted molar refractivity (Wildman–Crippen MR) is 145 cm³/mol. The molecule has 0 bridgehead atoms. The van der Waals surface area contributed by atoms with E-state index in [4.69, 9.17) is 15.8 Å². The molecule has 0 spiro atoms. The van der Waals surface area contributed by atoms with Gasteiger partial charge in [-0.2, -0.15) is 12.7 Å². The van der Waals surface area contributed by atoms with E-state index in [0.29, 0.717) is 36.5 Å². The number of hydrogen-bond donors (Lipinski definition) is 0. The Hall–Kier alpha value is -1.81. The van der Waals surface area contributed by atoms with Crippen molar-refractivity contribution in [1.29, 1.82) is 0 Å². The molecule has 0 N–H and O–H groups in total. The normalized spacial score (nSPS) is 15.5. The zero-order valence-corrected chi connectivity index (χ0v) is 24.1. The van der Waals surface area contributed by atoms with Crippen LogP contribution in [0.5, 0.6) is 0 Å². The van der Waals surface area contributed by atoms with Gasteiger partial charge < -0.3 is 4.90 Å². The fourth-order valence-corrected chi connectivity index (χ4v) is 6.67. The van der Waals surface area contributed by atoms with E-state index in [1.165, 1.54) is 16.4 Å². The highest BCUT2D eigenvalue weighted by atomic mass is 79.9. The maximum Gasteiger partial charge on any atom is 0.270 e. The fourth-order valence-electron chi connectivity index (χ4n) is 4.00. The van der Waals surface area contributed by atoms with E-state index >= 15 is 0 Å². The number of non-ortho nitro benzene ring substituents is 1. The first-order chi connectivity index (χ1) is 17.4.